The minimum atomic E-state index is -0.369. The van der Waals surface area contributed by atoms with E-state index in [2.05, 4.69) is 44.0 Å². The Morgan fingerprint density at radius 3 is 1.95 bits per heavy atom. The van der Waals surface area contributed by atoms with E-state index in [0.717, 1.165) is 12.8 Å². The number of hydrogen-bond donors (Lipinski definition) is 1. The molecule has 1 unspecified atom stereocenters. The third-order valence-corrected chi connectivity index (χ3v) is 3.91. The van der Waals surface area contributed by atoms with Crippen LogP contribution in [0.3, 0.4) is 0 Å². The van der Waals surface area contributed by atoms with Crippen molar-refractivity contribution in [1.82, 2.24) is 10.2 Å². The second-order valence-corrected chi connectivity index (χ2v) is 6.75. The summed E-state index contributed by atoms with van der Waals surface area (Å²) in [6, 6.07) is 2.80. The molecule has 0 aromatic heterocycles. The van der Waals surface area contributed by atoms with Crippen LogP contribution in [0.2, 0.25) is 0 Å². The van der Waals surface area contributed by atoms with Gasteiger partial charge in [0.1, 0.15) is 5.54 Å². The van der Waals surface area contributed by atoms with E-state index in [9.17, 15) is 5.26 Å². The van der Waals surface area contributed by atoms with E-state index < -0.39 is 0 Å². The van der Waals surface area contributed by atoms with Crippen molar-refractivity contribution in [3.63, 3.8) is 0 Å². The molecule has 0 saturated heterocycles. The molecule has 1 N–H and O–H groups in total. The van der Waals surface area contributed by atoms with Crippen molar-refractivity contribution in [2.45, 2.75) is 91.1 Å². The van der Waals surface area contributed by atoms with E-state index >= 15 is 0 Å². The van der Waals surface area contributed by atoms with E-state index in [4.69, 9.17) is 0 Å². The van der Waals surface area contributed by atoms with Crippen LogP contribution in [0.5, 0.6) is 0 Å². The standard InChI is InChI=1S/C18H37N3/c1-6-8-13-21(14-9-7-2)15-11-10-12-18(5,16-19)20-17(3)4/h17,20H,6-15H2,1-5H3. The number of nitriles is 1. The molecule has 0 aliphatic heterocycles. The second-order valence-electron chi connectivity index (χ2n) is 6.75. The molecule has 0 saturated carbocycles. The minimum absolute atomic E-state index is 0.361. The quantitative estimate of drug-likeness (QED) is 0.514. The molecule has 0 aromatic carbocycles. The highest BCUT2D eigenvalue weighted by Crippen LogP contribution is 2.14. The molecule has 21 heavy (non-hydrogen) atoms. The first-order valence-electron chi connectivity index (χ1n) is 8.88. The summed E-state index contributed by atoms with van der Waals surface area (Å²) < 4.78 is 0. The zero-order valence-electron chi connectivity index (χ0n) is 15.0. The SMILES string of the molecule is CCCCN(CCCC)CCCCC(C)(C#N)NC(C)C. The lowest BCUT2D eigenvalue weighted by molar-refractivity contribution is 0.254. The summed E-state index contributed by atoms with van der Waals surface area (Å²) in [6.45, 7) is 14.4. The summed E-state index contributed by atoms with van der Waals surface area (Å²) in [5.41, 5.74) is -0.369. The van der Waals surface area contributed by atoms with E-state index in [0.29, 0.717) is 6.04 Å². The molecule has 0 spiro atoms. The van der Waals surface area contributed by atoms with Crippen LogP contribution in [0.25, 0.3) is 0 Å². The highest BCUT2D eigenvalue weighted by Gasteiger charge is 2.23. The highest BCUT2D eigenvalue weighted by atomic mass is 15.1. The van der Waals surface area contributed by atoms with Gasteiger partial charge in [0.25, 0.3) is 0 Å². The molecule has 0 rings (SSSR count). The molecule has 0 bridgehead atoms. The van der Waals surface area contributed by atoms with Crippen LogP contribution in [-0.2, 0) is 0 Å². The van der Waals surface area contributed by atoms with Gasteiger partial charge < -0.3 is 4.90 Å². The zero-order valence-corrected chi connectivity index (χ0v) is 15.0. The van der Waals surface area contributed by atoms with Gasteiger partial charge in [-0.1, -0.05) is 26.7 Å². The lowest BCUT2D eigenvalue weighted by Gasteiger charge is -2.27. The molecule has 0 amide bonds. The molecular weight excluding hydrogens is 258 g/mol. The normalized spacial score (nSPS) is 14.4. The van der Waals surface area contributed by atoms with Crippen LogP contribution < -0.4 is 5.32 Å². The fourth-order valence-corrected chi connectivity index (χ4v) is 2.71. The number of nitrogens with one attached hydrogen (secondary N) is 1. The molecule has 0 radical (unpaired) electrons. The monoisotopic (exact) mass is 295 g/mol. The third kappa shape index (κ3) is 10.7. The molecular formula is C18H37N3. The topological polar surface area (TPSA) is 39.1 Å². The summed E-state index contributed by atoms with van der Waals surface area (Å²) in [4.78, 5) is 2.60. The Labute approximate surface area is 133 Å². The van der Waals surface area contributed by atoms with Crippen LogP contribution in [-0.4, -0.2) is 36.1 Å². The van der Waals surface area contributed by atoms with Gasteiger partial charge in [-0.3, -0.25) is 5.32 Å². The Morgan fingerprint density at radius 2 is 1.52 bits per heavy atom. The van der Waals surface area contributed by atoms with Gasteiger partial charge in [-0.2, -0.15) is 5.26 Å². The molecule has 0 aliphatic rings. The van der Waals surface area contributed by atoms with Crippen LogP contribution in [0.15, 0.2) is 0 Å². The molecule has 0 aromatic rings. The summed E-state index contributed by atoms with van der Waals surface area (Å²) in [5.74, 6) is 0. The first-order chi connectivity index (χ1) is 9.97. The first-order valence-corrected chi connectivity index (χ1v) is 8.88. The maximum Gasteiger partial charge on any atom is 0.104 e. The van der Waals surface area contributed by atoms with Gasteiger partial charge in [0.05, 0.1) is 6.07 Å². The lowest BCUT2D eigenvalue weighted by atomic mass is 9.95. The molecule has 0 fully saturated rings. The highest BCUT2D eigenvalue weighted by molar-refractivity contribution is 5.04. The van der Waals surface area contributed by atoms with Crippen LogP contribution >= 0.6 is 0 Å². The Kier molecular flexibility index (Phi) is 11.7. The Hall–Kier alpha value is -0.590. The van der Waals surface area contributed by atoms with Gasteiger partial charge in [-0.05, 0) is 72.5 Å². The first kappa shape index (κ1) is 20.4. The average molecular weight is 296 g/mol. The van der Waals surface area contributed by atoms with E-state index in [1.165, 1.54) is 51.7 Å². The second kappa shape index (κ2) is 12.0. The van der Waals surface area contributed by atoms with Crippen LogP contribution in [0, 0.1) is 11.3 Å². The number of nitrogens with zero attached hydrogens (tertiary/aromatic N) is 2. The maximum atomic E-state index is 9.35. The van der Waals surface area contributed by atoms with Crippen LogP contribution in [0.4, 0.5) is 0 Å². The number of unbranched alkanes of at least 4 members (excludes halogenated alkanes) is 3. The van der Waals surface area contributed by atoms with Gasteiger partial charge in [0.2, 0.25) is 0 Å². The van der Waals surface area contributed by atoms with Crippen molar-refractivity contribution >= 4 is 0 Å². The Balaban J connectivity index is 4.03. The summed E-state index contributed by atoms with van der Waals surface area (Å²) in [7, 11) is 0. The fraction of sp³-hybridized carbons (Fsp3) is 0.944. The lowest BCUT2D eigenvalue weighted by Crippen LogP contribution is -2.45. The van der Waals surface area contributed by atoms with E-state index in [1.54, 1.807) is 0 Å². The van der Waals surface area contributed by atoms with Crippen molar-refractivity contribution in [2.75, 3.05) is 19.6 Å². The largest absolute Gasteiger partial charge is 0.303 e. The van der Waals surface area contributed by atoms with Gasteiger partial charge in [0, 0.05) is 6.04 Å². The van der Waals surface area contributed by atoms with Crippen molar-refractivity contribution in [1.29, 1.82) is 5.26 Å². The molecule has 0 aliphatic carbocycles. The average Bonchev–Trinajstić information content (AvgIpc) is 2.44. The van der Waals surface area contributed by atoms with Gasteiger partial charge in [-0.25, -0.2) is 0 Å². The summed E-state index contributed by atoms with van der Waals surface area (Å²) in [6.07, 6.45) is 8.41. The van der Waals surface area contributed by atoms with Crippen molar-refractivity contribution in [3.05, 3.63) is 0 Å². The smallest absolute Gasteiger partial charge is 0.104 e. The molecule has 0 heterocycles. The van der Waals surface area contributed by atoms with Crippen LogP contribution in [0.1, 0.15) is 79.6 Å². The maximum absolute atomic E-state index is 9.35. The predicted molar refractivity (Wildman–Crippen MR) is 92.4 cm³/mol. The fourth-order valence-electron chi connectivity index (χ4n) is 2.71. The Bertz CT molecular complexity index is 275. The van der Waals surface area contributed by atoms with E-state index in [-0.39, 0.29) is 5.54 Å². The molecule has 3 heteroatoms. The third-order valence-electron chi connectivity index (χ3n) is 3.91. The van der Waals surface area contributed by atoms with Gasteiger partial charge in [0.15, 0.2) is 0 Å². The molecule has 3 nitrogen and oxygen atoms in total. The zero-order chi connectivity index (χ0) is 16.1. The van der Waals surface area contributed by atoms with Gasteiger partial charge >= 0.3 is 0 Å². The minimum Gasteiger partial charge on any atom is -0.303 e. The number of hydrogen-bond acceptors (Lipinski definition) is 3. The molecule has 1 atom stereocenters. The van der Waals surface area contributed by atoms with Crippen molar-refractivity contribution in [3.8, 4) is 6.07 Å². The Morgan fingerprint density at radius 1 is 1.00 bits per heavy atom. The summed E-state index contributed by atoms with van der Waals surface area (Å²) >= 11 is 0. The number of rotatable bonds is 13. The van der Waals surface area contributed by atoms with Crippen molar-refractivity contribution in [2.24, 2.45) is 0 Å². The predicted octanol–water partition coefficient (Wildman–Crippen LogP) is 4.34. The van der Waals surface area contributed by atoms with E-state index in [1.807, 2.05) is 6.92 Å². The molecule has 124 valence electrons. The van der Waals surface area contributed by atoms with Gasteiger partial charge in [-0.15, -0.1) is 0 Å². The van der Waals surface area contributed by atoms with Crippen molar-refractivity contribution < 1.29 is 0 Å². The summed E-state index contributed by atoms with van der Waals surface area (Å²) in [5, 5.41) is 12.7.